The molecule has 1 aromatic rings. The summed E-state index contributed by atoms with van der Waals surface area (Å²) in [5.74, 6) is -2.14. The van der Waals surface area contributed by atoms with E-state index >= 15 is 0 Å². The van der Waals surface area contributed by atoms with Crippen LogP contribution in [0, 0.1) is 5.92 Å². The molecule has 4 N–H and O–H groups in total. The van der Waals surface area contributed by atoms with Crippen LogP contribution in [0.25, 0.3) is 0 Å². The van der Waals surface area contributed by atoms with Gasteiger partial charge in [0, 0.05) is 10.6 Å². The van der Waals surface area contributed by atoms with Crippen LogP contribution >= 0.6 is 11.6 Å². The van der Waals surface area contributed by atoms with Gasteiger partial charge < -0.3 is 10.8 Å². The summed E-state index contributed by atoms with van der Waals surface area (Å²) in [6.07, 6.45) is 0.123. The Balaban J connectivity index is 3.18. The van der Waals surface area contributed by atoms with E-state index in [1.165, 1.54) is 6.07 Å². The standard InChI is InChI=1S/C13H17ClN2O5S/c1-7(2)3-11(13(18)19)16-22(20,21)10-5-8(12(15)17)4-9(14)6-10/h4-7,11,16H,3H2,1-2H3,(H2,15,17)(H,18,19)/t11-/m0/s1. The maximum absolute atomic E-state index is 12.3. The second-order valence-corrected chi connectivity index (χ2v) is 7.33. The number of carbonyl (C=O) groups excluding carboxylic acids is 1. The van der Waals surface area contributed by atoms with Crippen LogP contribution in [0.2, 0.25) is 5.02 Å². The molecule has 0 bridgehead atoms. The Morgan fingerprint density at radius 2 is 1.91 bits per heavy atom. The summed E-state index contributed by atoms with van der Waals surface area (Å²) in [5, 5.41) is 9.11. The van der Waals surface area contributed by atoms with Crippen LogP contribution in [-0.2, 0) is 14.8 Å². The number of carboxylic acids is 1. The number of primary amides is 1. The summed E-state index contributed by atoms with van der Waals surface area (Å²) < 4.78 is 26.6. The van der Waals surface area contributed by atoms with Crippen LogP contribution in [0.5, 0.6) is 0 Å². The number of hydrogen-bond acceptors (Lipinski definition) is 4. The highest BCUT2D eigenvalue weighted by molar-refractivity contribution is 7.89. The van der Waals surface area contributed by atoms with E-state index in [1.54, 1.807) is 13.8 Å². The normalized spacial score (nSPS) is 13.1. The van der Waals surface area contributed by atoms with E-state index in [9.17, 15) is 18.0 Å². The summed E-state index contributed by atoms with van der Waals surface area (Å²) >= 11 is 5.77. The fourth-order valence-corrected chi connectivity index (χ4v) is 3.36. The Morgan fingerprint density at radius 1 is 1.32 bits per heavy atom. The van der Waals surface area contributed by atoms with Crippen LogP contribution in [-0.4, -0.2) is 31.4 Å². The number of nitrogens with one attached hydrogen (secondary N) is 1. The zero-order valence-corrected chi connectivity index (χ0v) is 13.6. The van der Waals surface area contributed by atoms with E-state index in [2.05, 4.69) is 4.72 Å². The van der Waals surface area contributed by atoms with Crippen molar-refractivity contribution in [1.29, 1.82) is 0 Å². The van der Waals surface area contributed by atoms with Crippen molar-refractivity contribution >= 4 is 33.5 Å². The fraction of sp³-hybridized carbons (Fsp3) is 0.385. The van der Waals surface area contributed by atoms with Gasteiger partial charge >= 0.3 is 5.97 Å². The number of aliphatic carboxylic acids is 1. The number of sulfonamides is 1. The molecule has 0 aromatic heterocycles. The van der Waals surface area contributed by atoms with E-state index in [1.807, 2.05) is 0 Å². The third-order valence-corrected chi connectivity index (χ3v) is 4.44. The van der Waals surface area contributed by atoms with Gasteiger partial charge in [0.2, 0.25) is 15.9 Å². The predicted molar refractivity (Wildman–Crippen MR) is 81.2 cm³/mol. The van der Waals surface area contributed by atoms with Gasteiger partial charge in [0.25, 0.3) is 0 Å². The lowest BCUT2D eigenvalue weighted by Gasteiger charge is -2.17. The quantitative estimate of drug-likeness (QED) is 0.682. The zero-order valence-electron chi connectivity index (χ0n) is 12.0. The summed E-state index contributed by atoms with van der Waals surface area (Å²) in [7, 11) is -4.15. The third-order valence-electron chi connectivity index (χ3n) is 2.77. The molecule has 0 aliphatic rings. The molecule has 9 heteroatoms. The maximum atomic E-state index is 12.3. The van der Waals surface area contributed by atoms with Gasteiger partial charge in [-0.3, -0.25) is 9.59 Å². The first kappa shape index (κ1) is 18.4. The average molecular weight is 349 g/mol. The second-order valence-electron chi connectivity index (χ2n) is 5.18. The molecule has 0 spiro atoms. The van der Waals surface area contributed by atoms with Gasteiger partial charge in [-0.25, -0.2) is 8.42 Å². The first-order chi connectivity index (χ1) is 10.0. The molecule has 0 radical (unpaired) electrons. The van der Waals surface area contributed by atoms with Crippen LogP contribution < -0.4 is 10.5 Å². The Bertz CT molecular complexity index is 688. The van der Waals surface area contributed by atoms with E-state index in [4.69, 9.17) is 22.4 Å². The molecule has 0 saturated carbocycles. The first-order valence-electron chi connectivity index (χ1n) is 6.38. The topological polar surface area (TPSA) is 127 Å². The summed E-state index contributed by atoms with van der Waals surface area (Å²) in [5.41, 5.74) is 5.02. The van der Waals surface area contributed by atoms with Gasteiger partial charge in [0.15, 0.2) is 0 Å². The lowest BCUT2D eigenvalue weighted by molar-refractivity contribution is -0.139. The van der Waals surface area contributed by atoms with Crippen molar-refractivity contribution in [3.05, 3.63) is 28.8 Å². The number of benzene rings is 1. The molecule has 122 valence electrons. The molecular formula is C13H17ClN2O5S. The minimum atomic E-state index is -4.15. The van der Waals surface area contributed by atoms with Crippen LogP contribution in [0.3, 0.4) is 0 Å². The summed E-state index contributed by atoms with van der Waals surface area (Å²) in [6.45, 7) is 3.55. The summed E-state index contributed by atoms with van der Waals surface area (Å²) in [4.78, 5) is 22.0. The van der Waals surface area contributed by atoms with Crippen molar-refractivity contribution in [2.75, 3.05) is 0 Å². The van der Waals surface area contributed by atoms with Crippen molar-refractivity contribution in [1.82, 2.24) is 4.72 Å². The molecule has 0 unspecified atom stereocenters. The minimum absolute atomic E-state index is 0.00686. The number of hydrogen-bond donors (Lipinski definition) is 3. The first-order valence-corrected chi connectivity index (χ1v) is 8.24. The van der Waals surface area contributed by atoms with E-state index in [0.717, 1.165) is 12.1 Å². The van der Waals surface area contributed by atoms with Gasteiger partial charge in [-0.2, -0.15) is 4.72 Å². The van der Waals surface area contributed by atoms with Crippen LogP contribution in [0.4, 0.5) is 0 Å². The Morgan fingerprint density at radius 3 is 2.36 bits per heavy atom. The third kappa shape index (κ3) is 4.97. The molecule has 0 heterocycles. The number of carboxylic acid groups (broad SMARTS) is 1. The molecule has 1 rings (SSSR count). The van der Waals surface area contributed by atoms with Crippen LogP contribution in [0.1, 0.15) is 30.6 Å². The Hall–Kier alpha value is -1.64. The molecule has 0 fully saturated rings. The van der Waals surface area contributed by atoms with E-state index < -0.39 is 27.9 Å². The lowest BCUT2D eigenvalue weighted by Crippen LogP contribution is -2.41. The van der Waals surface area contributed by atoms with E-state index in [-0.39, 0.29) is 27.8 Å². The van der Waals surface area contributed by atoms with Crippen molar-refractivity contribution < 1.29 is 23.1 Å². The number of amides is 1. The van der Waals surface area contributed by atoms with Crippen molar-refractivity contribution in [2.45, 2.75) is 31.2 Å². The molecule has 0 aliphatic carbocycles. The smallest absolute Gasteiger partial charge is 0.321 e. The molecule has 0 saturated heterocycles. The SMILES string of the molecule is CC(C)C[C@H](NS(=O)(=O)c1cc(Cl)cc(C(N)=O)c1)C(=O)O. The molecule has 7 nitrogen and oxygen atoms in total. The molecule has 1 amide bonds. The minimum Gasteiger partial charge on any atom is -0.480 e. The van der Waals surface area contributed by atoms with Crippen molar-refractivity contribution in [3.8, 4) is 0 Å². The van der Waals surface area contributed by atoms with E-state index in [0.29, 0.717) is 0 Å². The molecule has 1 aromatic carbocycles. The van der Waals surface area contributed by atoms with Gasteiger partial charge in [-0.1, -0.05) is 25.4 Å². The highest BCUT2D eigenvalue weighted by Gasteiger charge is 2.26. The number of nitrogens with two attached hydrogens (primary N) is 1. The van der Waals surface area contributed by atoms with Gasteiger partial charge in [0.1, 0.15) is 6.04 Å². The largest absolute Gasteiger partial charge is 0.480 e. The molecule has 1 atom stereocenters. The molecule has 0 aliphatic heterocycles. The average Bonchev–Trinajstić information content (AvgIpc) is 2.36. The number of rotatable bonds is 7. The van der Waals surface area contributed by atoms with Crippen LogP contribution in [0.15, 0.2) is 23.1 Å². The Kier molecular flexibility index (Phi) is 5.92. The highest BCUT2D eigenvalue weighted by atomic mass is 35.5. The monoisotopic (exact) mass is 348 g/mol. The molecular weight excluding hydrogens is 332 g/mol. The fourth-order valence-electron chi connectivity index (χ4n) is 1.79. The van der Waals surface area contributed by atoms with Gasteiger partial charge in [-0.05, 0) is 30.5 Å². The maximum Gasteiger partial charge on any atom is 0.321 e. The predicted octanol–water partition coefficient (Wildman–Crippen LogP) is 1.22. The zero-order chi connectivity index (χ0) is 17.1. The number of halogens is 1. The summed E-state index contributed by atoms with van der Waals surface area (Å²) in [6, 6.07) is 2.11. The molecule has 22 heavy (non-hydrogen) atoms. The number of carbonyl (C=O) groups is 2. The Labute approximate surface area is 133 Å². The highest BCUT2D eigenvalue weighted by Crippen LogP contribution is 2.20. The lowest BCUT2D eigenvalue weighted by atomic mass is 10.1. The van der Waals surface area contributed by atoms with Crippen molar-refractivity contribution in [2.24, 2.45) is 11.7 Å². The van der Waals surface area contributed by atoms with Gasteiger partial charge in [0.05, 0.1) is 4.90 Å². The van der Waals surface area contributed by atoms with Crippen molar-refractivity contribution in [3.63, 3.8) is 0 Å². The van der Waals surface area contributed by atoms with Gasteiger partial charge in [-0.15, -0.1) is 0 Å². The second kappa shape index (κ2) is 7.08.